The minimum atomic E-state index is 0.442. The predicted molar refractivity (Wildman–Crippen MR) is 92.1 cm³/mol. The third kappa shape index (κ3) is 4.58. The lowest BCUT2D eigenvalue weighted by molar-refractivity contribution is 0.465. The Morgan fingerprint density at radius 3 is 2.52 bits per heavy atom. The van der Waals surface area contributed by atoms with Gasteiger partial charge < -0.3 is 10.1 Å². The van der Waals surface area contributed by atoms with E-state index in [1.807, 2.05) is 12.1 Å². The van der Waals surface area contributed by atoms with E-state index in [1.54, 1.807) is 0 Å². The molecule has 0 radical (unpaired) electrons. The molecule has 0 aliphatic carbocycles. The first-order valence-corrected chi connectivity index (χ1v) is 8.02. The zero-order valence-corrected chi connectivity index (χ0v) is 14.6. The molecule has 0 saturated heterocycles. The summed E-state index contributed by atoms with van der Waals surface area (Å²) in [6.45, 7) is 9.22. The number of halogens is 1. The van der Waals surface area contributed by atoms with Gasteiger partial charge in [-0.1, -0.05) is 41.9 Å². The van der Waals surface area contributed by atoms with Crippen molar-refractivity contribution in [2.24, 2.45) is 0 Å². The van der Waals surface area contributed by atoms with Crippen LogP contribution in [0, 0.1) is 13.8 Å². The molecule has 0 amide bonds. The third-order valence-electron chi connectivity index (χ3n) is 3.29. The van der Waals surface area contributed by atoms with E-state index in [-0.39, 0.29) is 0 Å². The second kappa shape index (κ2) is 7.10. The molecule has 0 aromatic heterocycles. The van der Waals surface area contributed by atoms with E-state index in [2.05, 4.69) is 73.2 Å². The molecule has 0 unspecified atom stereocenters. The molecule has 1 N–H and O–H groups in total. The number of nitrogens with one attached hydrogen (secondary N) is 1. The summed E-state index contributed by atoms with van der Waals surface area (Å²) >= 11 is 3.53. The van der Waals surface area contributed by atoms with Gasteiger partial charge in [0.2, 0.25) is 0 Å². The maximum Gasteiger partial charge on any atom is 0.132 e. The van der Waals surface area contributed by atoms with Crippen molar-refractivity contribution in [1.82, 2.24) is 5.32 Å². The van der Waals surface area contributed by atoms with Crippen molar-refractivity contribution >= 4 is 15.9 Å². The molecule has 0 aliphatic heterocycles. The van der Waals surface area contributed by atoms with Crippen molar-refractivity contribution in [3.05, 3.63) is 57.6 Å². The highest BCUT2D eigenvalue weighted by atomic mass is 79.9. The highest BCUT2D eigenvalue weighted by molar-refractivity contribution is 9.10. The van der Waals surface area contributed by atoms with Crippen molar-refractivity contribution in [2.75, 3.05) is 0 Å². The van der Waals surface area contributed by atoms with Crippen LogP contribution in [-0.4, -0.2) is 6.04 Å². The first-order chi connectivity index (χ1) is 9.95. The monoisotopic (exact) mass is 347 g/mol. The quantitative estimate of drug-likeness (QED) is 0.786. The predicted octanol–water partition coefficient (Wildman–Crippen LogP) is 5.36. The molecule has 2 nitrogen and oxygen atoms in total. The Morgan fingerprint density at radius 2 is 1.81 bits per heavy atom. The minimum absolute atomic E-state index is 0.442. The van der Waals surface area contributed by atoms with Crippen molar-refractivity contribution in [1.29, 1.82) is 0 Å². The molecule has 0 heterocycles. The first kappa shape index (κ1) is 16.1. The van der Waals surface area contributed by atoms with E-state index >= 15 is 0 Å². The molecule has 0 spiro atoms. The van der Waals surface area contributed by atoms with Crippen LogP contribution >= 0.6 is 15.9 Å². The van der Waals surface area contributed by atoms with Gasteiger partial charge in [0.1, 0.15) is 11.5 Å². The van der Waals surface area contributed by atoms with Gasteiger partial charge in [-0.25, -0.2) is 0 Å². The summed E-state index contributed by atoms with van der Waals surface area (Å²) in [5.74, 6) is 1.82. The maximum absolute atomic E-state index is 6.15. The topological polar surface area (TPSA) is 21.3 Å². The third-order valence-corrected chi connectivity index (χ3v) is 3.78. The fraction of sp³-hybridized carbons (Fsp3) is 0.333. The van der Waals surface area contributed by atoms with Crippen LogP contribution in [0.1, 0.15) is 30.5 Å². The minimum Gasteiger partial charge on any atom is -0.457 e. The van der Waals surface area contributed by atoms with Crippen LogP contribution in [0.15, 0.2) is 40.9 Å². The number of benzene rings is 2. The van der Waals surface area contributed by atoms with E-state index in [0.717, 1.165) is 33.6 Å². The Kier molecular flexibility index (Phi) is 5.43. The second-order valence-corrected chi connectivity index (χ2v) is 6.57. The van der Waals surface area contributed by atoms with Gasteiger partial charge in [-0.2, -0.15) is 0 Å². The summed E-state index contributed by atoms with van der Waals surface area (Å²) in [6, 6.07) is 12.9. The van der Waals surface area contributed by atoms with Crippen molar-refractivity contribution in [3.8, 4) is 11.5 Å². The number of rotatable bonds is 5. The molecule has 0 aliphatic rings. The zero-order valence-electron chi connectivity index (χ0n) is 13.0. The summed E-state index contributed by atoms with van der Waals surface area (Å²) in [6.07, 6.45) is 0. The van der Waals surface area contributed by atoms with Crippen LogP contribution < -0.4 is 10.1 Å². The Labute approximate surface area is 135 Å². The van der Waals surface area contributed by atoms with Gasteiger partial charge in [-0.05, 0) is 49.2 Å². The lowest BCUT2D eigenvalue weighted by Gasteiger charge is -2.15. The number of hydrogen-bond acceptors (Lipinski definition) is 2. The van der Waals surface area contributed by atoms with Gasteiger partial charge in [-0.15, -0.1) is 0 Å². The second-order valence-electron chi connectivity index (χ2n) is 5.66. The van der Waals surface area contributed by atoms with Gasteiger partial charge in [0.25, 0.3) is 0 Å². The van der Waals surface area contributed by atoms with E-state index in [0.29, 0.717) is 6.04 Å². The SMILES string of the molecule is Cc1ccc(C)c(Oc2ccc(Br)cc2CNC(C)C)c1. The van der Waals surface area contributed by atoms with Crippen LogP contribution in [0.4, 0.5) is 0 Å². The number of aryl methyl sites for hydroxylation is 2. The molecule has 3 heteroatoms. The highest BCUT2D eigenvalue weighted by Gasteiger charge is 2.08. The van der Waals surface area contributed by atoms with Crippen molar-refractivity contribution < 1.29 is 4.74 Å². The standard InChI is InChI=1S/C18H22BrNO/c1-12(2)20-11-15-10-16(19)7-8-17(15)21-18-9-13(3)5-6-14(18)4/h5-10,12,20H,11H2,1-4H3. The van der Waals surface area contributed by atoms with Gasteiger partial charge in [0.05, 0.1) is 0 Å². The lowest BCUT2D eigenvalue weighted by Crippen LogP contribution is -2.22. The summed E-state index contributed by atoms with van der Waals surface area (Å²) in [4.78, 5) is 0. The molecule has 0 fully saturated rings. The van der Waals surface area contributed by atoms with Gasteiger partial charge in [0, 0.05) is 22.6 Å². The first-order valence-electron chi connectivity index (χ1n) is 7.22. The molecular formula is C18H22BrNO. The van der Waals surface area contributed by atoms with Gasteiger partial charge in [-0.3, -0.25) is 0 Å². The van der Waals surface area contributed by atoms with Crippen molar-refractivity contribution in [2.45, 2.75) is 40.3 Å². The van der Waals surface area contributed by atoms with Crippen LogP contribution in [-0.2, 0) is 6.54 Å². The van der Waals surface area contributed by atoms with Crippen LogP contribution in [0.3, 0.4) is 0 Å². The summed E-state index contributed by atoms with van der Waals surface area (Å²) in [5.41, 5.74) is 3.50. The van der Waals surface area contributed by atoms with E-state index < -0.39 is 0 Å². The molecule has 0 atom stereocenters. The molecule has 2 aromatic carbocycles. The Morgan fingerprint density at radius 1 is 1.05 bits per heavy atom. The molecule has 112 valence electrons. The van der Waals surface area contributed by atoms with E-state index in [4.69, 9.17) is 4.74 Å². The molecule has 2 rings (SSSR count). The summed E-state index contributed by atoms with van der Waals surface area (Å²) < 4.78 is 7.21. The fourth-order valence-corrected chi connectivity index (χ4v) is 2.44. The van der Waals surface area contributed by atoms with Crippen LogP contribution in [0.2, 0.25) is 0 Å². The van der Waals surface area contributed by atoms with Crippen LogP contribution in [0.25, 0.3) is 0 Å². The Balaban J connectivity index is 2.28. The van der Waals surface area contributed by atoms with Gasteiger partial charge in [0.15, 0.2) is 0 Å². The largest absolute Gasteiger partial charge is 0.457 e. The lowest BCUT2D eigenvalue weighted by atomic mass is 10.1. The fourth-order valence-electron chi connectivity index (χ4n) is 2.04. The average Bonchev–Trinajstić information content (AvgIpc) is 2.43. The number of hydrogen-bond donors (Lipinski definition) is 1. The molecule has 0 bridgehead atoms. The van der Waals surface area contributed by atoms with E-state index in [9.17, 15) is 0 Å². The smallest absolute Gasteiger partial charge is 0.132 e. The van der Waals surface area contributed by atoms with Gasteiger partial charge >= 0.3 is 0 Å². The highest BCUT2D eigenvalue weighted by Crippen LogP contribution is 2.30. The average molecular weight is 348 g/mol. The molecular weight excluding hydrogens is 326 g/mol. The molecule has 0 saturated carbocycles. The Bertz CT molecular complexity index is 623. The molecule has 21 heavy (non-hydrogen) atoms. The number of ether oxygens (including phenoxy) is 1. The van der Waals surface area contributed by atoms with E-state index in [1.165, 1.54) is 5.56 Å². The zero-order chi connectivity index (χ0) is 15.4. The van der Waals surface area contributed by atoms with Crippen molar-refractivity contribution in [3.63, 3.8) is 0 Å². The summed E-state index contributed by atoms with van der Waals surface area (Å²) in [5, 5.41) is 3.44. The summed E-state index contributed by atoms with van der Waals surface area (Å²) in [7, 11) is 0. The van der Waals surface area contributed by atoms with Crippen LogP contribution in [0.5, 0.6) is 11.5 Å². The maximum atomic E-state index is 6.15. The normalized spacial score (nSPS) is 11.0. The Hall–Kier alpha value is -1.32. The molecule has 2 aromatic rings.